The fraction of sp³-hybridized carbons (Fsp3) is 0.125. The topological polar surface area (TPSA) is 116 Å². The molecule has 0 saturated carbocycles. The first-order valence-electron chi connectivity index (χ1n) is 6.66. The van der Waals surface area contributed by atoms with Crippen molar-refractivity contribution in [1.82, 2.24) is 0 Å². The maximum absolute atomic E-state index is 11.5. The Kier molecular flexibility index (Phi) is 4.57. The Morgan fingerprint density at radius 1 is 1.30 bits per heavy atom. The third-order valence-electron chi connectivity index (χ3n) is 3.20. The van der Waals surface area contributed by atoms with Crippen LogP contribution in [0.25, 0.3) is 0 Å². The maximum Gasteiger partial charge on any atom is 0.330 e. The predicted molar refractivity (Wildman–Crippen MR) is 83.0 cm³/mol. The number of nitriles is 1. The van der Waals surface area contributed by atoms with Gasteiger partial charge in [0.1, 0.15) is 0 Å². The maximum atomic E-state index is 11.5. The number of nitro benzene ring substituents is 1. The number of aliphatic carboxylic acids is 1. The van der Waals surface area contributed by atoms with Gasteiger partial charge >= 0.3 is 5.97 Å². The smallest absolute Gasteiger partial charge is 0.330 e. The number of anilines is 1. The highest BCUT2D eigenvalue weighted by Gasteiger charge is 2.22. The van der Waals surface area contributed by atoms with Crippen LogP contribution in [0.5, 0.6) is 0 Å². The molecule has 7 heteroatoms. The fourth-order valence-electron chi connectivity index (χ4n) is 2.16. The Morgan fingerprint density at radius 2 is 1.96 bits per heavy atom. The molecule has 116 valence electrons. The summed E-state index contributed by atoms with van der Waals surface area (Å²) in [5.41, 5.74) is 1.68. The second-order valence-corrected chi connectivity index (χ2v) is 4.96. The SMILES string of the molecule is Cc1cc(C(Nc2ccc(C#N)cc2)C(=O)O)cc([N+](=O)[O-])c1. The second-order valence-electron chi connectivity index (χ2n) is 4.96. The molecule has 0 amide bonds. The van der Waals surface area contributed by atoms with E-state index in [0.29, 0.717) is 16.8 Å². The van der Waals surface area contributed by atoms with Crippen LogP contribution >= 0.6 is 0 Å². The number of nitrogens with one attached hydrogen (secondary N) is 1. The zero-order chi connectivity index (χ0) is 17.0. The first-order valence-corrected chi connectivity index (χ1v) is 6.66. The molecular formula is C16H13N3O4. The molecule has 2 rings (SSSR count). The van der Waals surface area contributed by atoms with E-state index in [9.17, 15) is 20.0 Å². The van der Waals surface area contributed by atoms with E-state index < -0.39 is 16.9 Å². The molecule has 0 fully saturated rings. The lowest BCUT2D eigenvalue weighted by Crippen LogP contribution is -2.20. The van der Waals surface area contributed by atoms with Gasteiger partial charge in [-0.05, 0) is 42.3 Å². The van der Waals surface area contributed by atoms with Gasteiger partial charge in [-0.25, -0.2) is 4.79 Å². The van der Waals surface area contributed by atoms with E-state index in [1.165, 1.54) is 12.1 Å². The van der Waals surface area contributed by atoms with Gasteiger partial charge in [0, 0.05) is 17.8 Å². The molecule has 0 heterocycles. The molecule has 1 atom stereocenters. The van der Waals surface area contributed by atoms with Gasteiger partial charge in [-0.3, -0.25) is 10.1 Å². The summed E-state index contributed by atoms with van der Waals surface area (Å²) in [7, 11) is 0. The predicted octanol–water partition coefficient (Wildman–Crippen LogP) is 3.01. The lowest BCUT2D eigenvalue weighted by Gasteiger charge is -2.16. The quantitative estimate of drug-likeness (QED) is 0.647. The Bertz CT molecular complexity index is 794. The van der Waals surface area contributed by atoms with Crippen molar-refractivity contribution in [1.29, 1.82) is 5.26 Å². The number of aryl methyl sites for hydroxylation is 1. The molecule has 0 spiro atoms. The molecule has 2 N–H and O–H groups in total. The number of benzene rings is 2. The van der Waals surface area contributed by atoms with Gasteiger partial charge in [0.2, 0.25) is 0 Å². The number of nitrogens with zero attached hydrogens (tertiary/aromatic N) is 2. The monoisotopic (exact) mass is 311 g/mol. The largest absolute Gasteiger partial charge is 0.479 e. The number of carboxylic acids is 1. The molecule has 0 saturated heterocycles. The summed E-state index contributed by atoms with van der Waals surface area (Å²) in [6.07, 6.45) is 0. The highest BCUT2D eigenvalue weighted by molar-refractivity contribution is 5.79. The van der Waals surface area contributed by atoms with E-state index in [0.717, 1.165) is 0 Å². The van der Waals surface area contributed by atoms with Gasteiger partial charge < -0.3 is 10.4 Å². The molecular weight excluding hydrogens is 298 g/mol. The molecule has 2 aromatic rings. The van der Waals surface area contributed by atoms with Crippen LogP contribution in [0.4, 0.5) is 11.4 Å². The van der Waals surface area contributed by atoms with Gasteiger partial charge in [0.25, 0.3) is 5.69 Å². The molecule has 0 aromatic heterocycles. The van der Waals surface area contributed by atoms with Crippen molar-refractivity contribution >= 4 is 17.3 Å². The molecule has 23 heavy (non-hydrogen) atoms. The first kappa shape index (κ1) is 16.0. The third kappa shape index (κ3) is 3.83. The molecule has 2 aromatic carbocycles. The summed E-state index contributed by atoms with van der Waals surface area (Å²) in [4.78, 5) is 21.9. The number of hydrogen-bond acceptors (Lipinski definition) is 5. The molecule has 1 unspecified atom stereocenters. The summed E-state index contributed by atoms with van der Waals surface area (Å²) in [6, 6.07) is 11.3. The van der Waals surface area contributed by atoms with Crippen molar-refractivity contribution in [3.8, 4) is 6.07 Å². The molecule has 0 bridgehead atoms. The van der Waals surface area contributed by atoms with Gasteiger partial charge in [0.15, 0.2) is 6.04 Å². The average molecular weight is 311 g/mol. The number of non-ortho nitro benzene ring substituents is 1. The Morgan fingerprint density at radius 3 is 2.48 bits per heavy atom. The fourth-order valence-corrected chi connectivity index (χ4v) is 2.16. The van der Waals surface area contributed by atoms with E-state index in [4.69, 9.17) is 5.26 Å². The zero-order valence-corrected chi connectivity index (χ0v) is 12.2. The van der Waals surface area contributed by atoms with E-state index >= 15 is 0 Å². The minimum atomic E-state index is -1.16. The van der Waals surface area contributed by atoms with E-state index in [1.54, 1.807) is 37.3 Å². The second kappa shape index (κ2) is 6.58. The Balaban J connectivity index is 2.36. The van der Waals surface area contributed by atoms with Crippen molar-refractivity contribution < 1.29 is 14.8 Å². The van der Waals surface area contributed by atoms with Crippen LogP contribution in [0, 0.1) is 28.4 Å². The van der Waals surface area contributed by atoms with Gasteiger partial charge in [-0.2, -0.15) is 5.26 Å². The van der Waals surface area contributed by atoms with Crippen molar-refractivity contribution in [3.05, 3.63) is 69.3 Å². The number of nitro groups is 1. The first-order chi connectivity index (χ1) is 10.9. The third-order valence-corrected chi connectivity index (χ3v) is 3.20. The van der Waals surface area contributed by atoms with Crippen LogP contribution in [0.3, 0.4) is 0 Å². The molecule has 0 aliphatic heterocycles. The van der Waals surface area contributed by atoms with Crippen LogP contribution in [-0.4, -0.2) is 16.0 Å². The van der Waals surface area contributed by atoms with Crippen molar-refractivity contribution in [2.75, 3.05) is 5.32 Å². The van der Waals surface area contributed by atoms with Crippen LogP contribution in [-0.2, 0) is 4.79 Å². The number of rotatable bonds is 5. The van der Waals surface area contributed by atoms with Crippen molar-refractivity contribution in [2.45, 2.75) is 13.0 Å². The van der Waals surface area contributed by atoms with E-state index in [-0.39, 0.29) is 11.3 Å². The summed E-state index contributed by atoms with van der Waals surface area (Å²) in [5, 5.41) is 31.9. The van der Waals surface area contributed by atoms with Gasteiger partial charge in [-0.1, -0.05) is 6.07 Å². The number of hydrogen-bond donors (Lipinski definition) is 2. The minimum Gasteiger partial charge on any atom is -0.479 e. The minimum absolute atomic E-state index is 0.159. The number of carbonyl (C=O) groups is 1. The normalized spacial score (nSPS) is 11.3. The highest BCUT2D eigenvalue weighted by Crippen LogP contribution is 2.25. The van der Waals surface area contributed by atoms with E-state index in [1.807, 2.05) is 6.07 Å². The Labute approximate surface area is 131 Å². The van der Waals surface area contributed by atoms with Crippen LogP contribution < -0.4 is 5.32 Å². The van der Waals surface area contributed by atoms with E-state index in [2.05, 4.69) is 5.32 Å². The van der Waals surface area contributed by atoms with Crippen LogP contribution in [0.1, 0.15) is 22.7 Å². The molecule has 7 nitrogen and oxygen atoms in total. The van der Waals surface area contributed by atoms with Crippen molar-refractivity contribution in [2.24, 2.45) is 0 Å². The summed E-state index contributed by atoms with van der Waals surface area (Å²) < 4.78 is 0. The van der Waals surface area contributed by atoms with Crippen LogP contribution in [0.2, 0.25) is 0 Å². The molecule has 0 aliphatic rings. The molecule has 0 aliphatic carbocycles. The lowest BCUT2D eigenvalue weighted by atomic mass is 10.0. The number of carboxylic acid groups (broad SMARTS) is 1. The Hall–Kier alpha value is -3.40. The summed E-state index contributed by atoms with van der Waals surface area (Å²) in [6.45, 7) is 1.66. The summed E-state index contributed by atoms with van der Waals surface area (Å²) in [5.74, 6) is -1.16. The lowest BCUT2D eigenvalue weighted by molar-refractivity contribution is -0.385. The highest BCUT2D eigenvalue weighted by atomic mass is 16.6. The molecule has 0 radical (unpaired) electrons. The van der Waals surface area contributed by atoms with Crippen LogP contribution in [0.15, 0.2) is 42.5 Å². The standard InChI is InChI=1S/C16H13N3O4/c1-10-6-12(8-14(7-10)19(22)23)15(16(20)21)18-13-4-2-11(9-17)3-5-13/h2-8,15,18H,1H3,(H,20,21). The summed E-state index contributed by atoms with van der Waals surface area (Å²) >= 11 is 0. The van der Waals surface area contributed by atoms with Crippen molar-refractivity contribution in [3.63, 3.8) is 0 Å². The van der Waals surface area contributed by atoms with Gasteiger partial charge in [-0.15, -0.1) is 0 Å². The average Bonchev–Trinajstić information content (AvgIpc) is 2.52. The van der Waals surface area contributed by atoms with Gasteiger partial charge in [0.05, 0.1) is 16.6 Å². The zero-order valence-electron chi connectivity index (χ0n) is 12.2.